The van der Waals surface area contributed by atoms with Crippen molar-refractivity contribution in [3.8, 4) is 0 Å². The number of benzene rings is 1. The van der Waals surface area contributed by atoms with Crippen molar-refractivity contribution in [3.05, 3.63) is 59.9 Å². The van der Waals surface area contributed by atoms with Crippen LogP contribution in [-0.2, 0) is 4.79 Å². The van der Waals surface area contributed by atoms with E-state index in [1.165, 1.54) is 0 Å². The SMILES string of the molecule is CN(C)c1cccc(C(=O)N2CCN(C(=O)C3CC(c4ccncc4)NN3)CC2)c1. The van der Waals surface area contributed by atoms with Crippen LogP contribution in [0.15, 0.2) is 48.8 Å². The van der Waals surface area contributed by atoms with Gasteiger partial charge < -0.3 is 14.7 Å². The van der Waals surface area contributed by atoms with E-state index >= 15 is 0 Å². The van der Waals surface area contributed by atoms with E-state index in [-0.39, 0.29) is 23.9 Å². The standard InChI is InChI=1S/C22H28N6O2/c1-26(2)18-5-3-4-17(14-18)21(29)27-10-12-28(13-11-27)22(30)20-15-19(24-25-20)16-6-8-23-9-7-16/h3-9,14,19-20,24-25H,10-13,15H2,1-2H3. The van der Waals surface area contributed by atoms with Crippen LogP contribution in [0.4, 0.5) is 5.69 Å². The lowest BCUT2D eigenvalue weighted by Crippen LogP contribution is -2.54. The highest BCUT2D eigenvalue weighted by atomic mass is 16.2. The van der Waals surface area contributed by atoms with E-state index in [0.29, 0.717) is 38.2 Å². The zero-order valence-corrected chi connectivity index (χ0v) is 17.4. The van der Waals surface area contributed by atoms with E-state index in [0.717, 1.165) is 11.3 Å². The minimum atomic E-state index is -0.262. The fraction of sp³-hybridized carbons (Fsp3) is 0.409. The van der Waals surface area contributed by atoms with Gasteiger partial charge in [0.15, 0.2) is 0 Å². The molecule has 0 aliphatic carbocycles. The van der Waals surface area contributed by atoms with Gasteiger partial charge in [-0.3, -0.25) is 14.6 Å². The van der Waals surface area contributed by atoms with Gasteiger partial charge in [0.25, 0.3) is 5.91 Å². The number of amides is 2. The topological polar surface area (TPSA) is 80.8 Å². The molecular weight excluding hydrogens is 380 g/mol. The number of hydrogen-bond acceptors (Lipinski definition) is 6. The summed E-state index contributed by atoms with van der Waals surface area (Å²) in [5, 5.41) is 0. The average molecular weight is 409 g/mol. The molecule has 2 fully saturated rings. The van der Waals surface area contributed by atoms with Crippen molar-refractivity contribution < 1.29 is 9.59 Å². The highest BCUT2D eigenvalue weighted by Gasteiger charge is 2.34. The van der Waals surface area contributed by atoms with E-state index < -0.39 is 0 Å². The van der Waals surface area contributed by atoms with Crippen LogP contribution in [0.5, 0.6) is 0 Å². The van der Waals surface area contributed by atoms with Crippen LogP contribution in [0.1, 0.15) is 28.4 Å². The van der Waals surface area contributed by atoms with Gasteiger partial charge in [-0.1, -0.05) is 6.07 Å². The van der Waals surface area contributed by atoms with Gasteiger partial charge in [0.1, 0.15) is 6.04 Å². The lowest BCUT2D eigenvalue weighted by Gasteiger charge is -2.36. The Balaban J connectivity index is 1.32. The molecule has 2 unspecified atom stereocenters. The quantitative estimate of drug-likeness (QED) is 0.787. The number of rotatable bonds is 4. The molecule has 2 atom stereocenters. The molecule has 30 heavy (non-hydrogen) atoms. The zero-order valence-electron chi connectivity index (χ0n) is 17.4. The molecule has 0 saturated carbocycles. The van der Waals surface area contributed by atoms with Crippen molar-refractivity contribution in [1.82, 2.24) is 25.6 Å². The van der Waals surface area contributed by atoms with Crippen molar-refractivity contribution in [1.29, 1.82) is 0 Å². The van der Waals surface area contributed by atoms with Gasteiger partial charge in [0, 0.05) is 70.0 Å². The Morgan fingerprint density at radius 1 is 1.00 bits per heavy atom. The molecule has 1 aromatic carbocycles. The van der Waals surface area contributed by atoms with Crippen LogP contribution in [0.2, 0.25) is 0 Å². The molecule has 2 saturated heterocycles. The Labute approximate surface area is 176 Å². The summed E-state index contributed by atoms with van der Waals surface area (Å²) in [5.74, 6) is 0.102. The lowest BCUT2D eigenvalue weighted by atomic mass is 10.0. The van der Waals surface area contributed by atoms with Gasteiger partial charge >= 0.3 is 0 Å². The third-order valence-corrected chi connectivity index (χ3v) is 5.80. The second kappa shape index (κ2) is 8.81. The Kier molecular flexibility index (Phi) is 5.96. The summed E-state index contributed by atoms with van der Waals surface area (Å²) >= 11 is 0. The number of hydrogen-bond donors (Lipinski definition) is 2. The Hall–Kier alpha value is -2.97. The number of hydrazine groups is 1. The maximum atomic E-state index is 12.9. The highest BCUT2D eigenvalue weighted by molar-refractivity contribution is 5.95. The number of aromatic nitrogens is 1. The Morgan fingerprint density at radius 3 is 2.40 bits per heavy atom. The van der Waals surface area contributed by atoms with Gasteiger partial charge in [-0.25, -0.2) is 10.9 Å². The zero-order chi connectivity index (χ0) is 21.1. The first kappa shape index (κ1) is 20.3. The third-order valence-electron chi connectivity index (χ3n) is 5.80. The molecule has 3 heterocycles. The van der Waals surface area contributed by atoms with Crippen molar-refractivity contribution in [2.24, 2.45) is 0 Å². The monoisotopic (exact) mass is 408 g/mol. The van der Waals surface area contributed by atoms with Gasteiger partial charge in [0.2, 0.25) is 5.91 Å². The fourth-order valence-electron chi connectivity index (χ4n) is 3.98. The largest absolute Gasteiger partial charge is 0.378 e. The summed E-state index contributed by atoms with van der Waals surface area (Å²) in [5.41, 5.74) is 9.14. The maximum Gasteiger partial charge on any atom is 0.254 e. The summed E-state index contributed by atoms with van der Waals surface area (Å²) in [6, 6.07) is 11.4. The molecule has 2 aliphatic rings. The van der Waals surface area contributed by atoms with Crippen LogP contribution in [-0.4, -0.2) is 72.9 Å². The summed E-state index contributed by atoms with van der Waals surface area (Å²) in [6.07, 6.45) is 4.21. The summed E-state index contributed by atoms with van der Waals surface area (Å²) < 4.78 is 0. The summed E-state index contributed by atoms with van der Waals surface area (Å²) in [4.78, 5) is 35.5. The van der Waals surface area contributed by atoms with E-state index in [4.69, 9.17) is 0 Å². The molecule has 2 amide bonds. The predicted molar refractivity (Wildman–Crippen MR) is 115 cm³/mol. The maximum absolute atomic E-state index is 12.9. The fourth-order valence-corrected chi connectivity index (χ4v) is 3.98. The van der Waals surface area contributed by atoms with E-state index in [1.807, 2.05) is 65.2 Å². The number of piperazine rings is 1. The first-order valence-corrected chi connectivity index (χ1v) is 10.3. The number of carbonyl (C=O) groups is 2. The summed E-state index contributed by atoms with van der Waals surface area (Å²) in [6.45, 7) is 2.20. The van der Waals surface area contributed by atoms with Crippen LogP contribution in [0.25, 0.3) is 0 Å². The van der Waals surface area contributed by atoms with E-state index in [2.05, 4.69) is 15.8 Å². The number of pyridine rings is 1. The number of anilines is 1. The molecule has 8 nitrogen and oxygen atoms in total. The summed E-state index contributed by atoms with van der Waals surface area (Å²) in [7, 11) is 3.91. The second-order valence-electron chi connectivity index (χ2n) is 7.97. The van der Waals surface area contributed by atoms with Crippen LogP contribution in [0.3, 0.4) is 0 Å². The number of nitrogens with one attached hydrogen (secondary N) is 2. The van der Waals surface area contributed by atoms with Crippen molar-refractivity contribution >= 4 is 17.5 Å². The Morgan fingerprint density at radius 2 is 1.70 bits per heavy atom. The molecular formula is C22H28N6O2. The van der Waals surface area contributed by atoms with Gasteiger partial charge in [-0.05, 0) is 42.3 Å². The number of nitrogens with zero attached hydrogens (tertiary/aromatic N) is 4. The minimum Gasteiger partial charge on any atom is -0.378 e. The van der Waals surface area contributed by atoms with Crippen molar-refractivity contribution in [2.45, 2.75) is 18.5 Å². The molecule has 8 heteroatoms. The van der Waals surface area contributed by atoms with Crippen LogP contribution in [0, 0.1) is 0 Å². The second-order valence-corrected chi connectivity index (χ2v) is 7.97. The Bertz CT molecular complexity index is 896. The first-order chi connectivity index (χ1) is 14.5. The van der Waals surface area contributed by atoms with E-state index in [1.54, 1.807) is 12.4 Å². The molecule has 158 valence electrons. The molecule has 0 bridgehead atoms. The smallest absolute Gasteiger partial charge is 0.254 e. The normalized spacial score (nSPS) is 21.5. The lowest BCUT2D eigenvalue weighted by molar-refractivity contribution is -0.134. The molecule has 0 spiro atoms. The first-order valence-electron chi connectivity index (χ1n) is 10.3. The van der Waals surface area contributed by atoms with Gasteiger partial charge in [0.05, 0.1) is 0 Å². The van der Waals surface area contributed by atoms with Crippen molar-refractivity contribution in [3.63, 3.8) is 0 Å². The minimum absolute atomic E-state index is 0.0178. The average Bonchev–Trinajstić information content (AvgIpc) is 3.29. The van der Waals surface area contributed by atoms with Crippen LogP contribution < -0.4 is 15.8 Å². The van der Waals surface area contributed by atoms with Gasteiger partial charge in [-0.2, -0.15) is 0 Å². The molecule has 2 aromatic rings. The molecule has 0 radical (unpaired) electrons. The highest BCUT2D eigenvalue weighted by Crippen LogP contribution is 2.23. The molecule has 2 N–H and O–H groups in total. The van der Waals surface area contributed by atoms with Crippen LogP contribution >= 0.6 is 0 Å². The predicted octanol–water partition coefficient (Wildman–Crippen LogP) is 1.04. The molecule has 4 rings (SSSR count). The van der Waals surface area contributed by atoms with Crippen molar-refractivity contribution in [2.75, 3.05) is 45.2 Å². The third kappa shape index (κ3) is 4.29. The van der Waals surface area contributed by atoms with Gasteiger partial charge in [-0.15, -0.1) is 0 Å². The molecule has 1 aromatic heterocycles. The van der Waals surface area contributed by atoms with E-state index in [9.17, 15) is 9.59 Å². The molecule has 2 aliphatic heterocycles. The number of carbonyl (C=O) groups excluding carboxylic acids is 2.